The standard InChI is InChI=1S/C20H23N5O3S2/c1-15(16-5-7-17(8-6-16)25-14-21-13-22-25)23-20(26)19-18(9-12-29-19)30(27,28)24-10-3-2-4-11-24/h5-9,12-15H,2-4,10-11H2,1H3,(H,23,26)/t15-/m1/s1. The number of sulfonamides is 1. The van der Waals surface area contributed by atoms with Crippen molar-refractivity contribution in [2.75, 3.05) is 13.1 Å². The zero-order valence-electron chi connectivity index (χ0n) is 16.6. The van der Waals surface area contributed by atoms with E-state index in [-0.39, 0.29) is 21.7 Å². The van der Waals surface area contributed by atoms with Gasteiger partial charge in [-0.05, 0) is 48.9 Å². The second-order valence-corrected chi connectivity index (χ2v) is 10.0. The lowest BCUT2D eigenvalue weighted by atomic mass is 10.1. The quantitative estimate of drug-likeness (QED) is 0.629. The highest BCUT2D eigenvalue weighted by molar-refractivity contribution is 7.89. The predicted molar refractivity (Wildman–Crippen MR) is 114 cm³/mol. The predicted octanol–water partition coefficient (Wildman–Crippen LogP) is 2.99. The SMILES string of the molecule is C[C@@H](NC(=O)c1sccc1S(=O)(=O)N1CCCCC1)c1ccc(-n2cncn2)cc1. The van der Waals surface area contributed by atoms with Gasteiger partial charge in [0, 0.05) is 13.1 Å². The number of carbonyl (C=O) groups is 1. The van der Waals surface area contributed by atoms with Gasteiger partial charge in [-0.3, -0.25) is 4.79 Å². The molecule has 0 unspecified atom stereocenters. The zero-order valence-corrected chi connectivity index (χ0v) is 18.2. The second kappa shape index (κ2) is 8.66. The minimum absolute atomic E-state index is 0.0978. The number of carbonyl (C=O) groups excluding carboxylic acids is 1. The van der Waals surface area contributed by atoms with Gasteiger partial charge >= 0.3 is 0 Å². The molecule has 3 heterocycles. The molecule has 30 heavy (non-hydrogen) atoms. The summed E-state index contributed by atoms with van der Waals surface area (Å²) in [6, 6.07) is 8.84. The molecule has 1 amide bonds. The van der Waals surface area contributed by atoms with Crippen LogP contribution in [-0.4, -0.2) is 46.5 Å². The molecule has 0 saturated carbocycles. The maximum atomic E-state index is 13.0. The van der Waals surface area contributed by atoms with Crippen molar-refractivity contribution in [3.63, 3.8) is 0 Å². The minimum atomic E-state index is -3.66. The van der Waals surface area contributed by atoms with Crippen LogP contribution in [0.5, 0.6) is 0 Å². The number of nitrogens with one attached hydrogen (secondary N) is 1. The molecule has 2 aromatic heterocycles. The monoisotopic (exact) mass is 445 g/mol. The number of benzene rings is 1. The Kier molecular flexibility index (Phi) is 5.98. The van der Waals surface area contributed by atoms with E-state index in [1.54, 1.807) is 16.4 Å². The van der Waals surface area contributed by atoms with E-state index in [2.05, 4.69) is 15.4 Å². The Bertz CT molecular complexity index is 1100. The number of nitrogens with zero attached hydrogens (tertiary/aromatic N) is 4. The first-order chi connectivity index (χ1) is 14.5. The van der Waals surface area contributed by atoms with Crippen LogP contribution in [0.1, 0.15) is 47.5 Å². The summed E-state index contributed by atoms with van der Waals surface area (Å²) in [7, 11) is -3.66. The Morgan fingerprint density at radius 3 is 2.53 bits per heavy atom. The number of amides is 1. The summed E-state index contributed by atoms with van der Waals surface area (Å²) in [6.45, 7) is 2.89. The van der Waals surface area contributed by atoms with Crippen molar-refractivity contribution < 1.29 is 13.2 Å². The summed E-state index contributed by atoms with van der Waals surface area (Å²) in [5, 5.41) is 8.67. The van der Waals surface area contributed by atoms with Crippen molar-refractivity contribution in [2.24, 2.45) is 0 Å². The van der Waals surface area contributed by atoms with Crippen LogP contribution in [0.25, 0.3) is 5.69 Å². The van der Waals surface area contributed by atoms with E-state index in [1.165, 1.54) is 16.7 Å². The van der Waals surface area contributed by atoms with Gasteiger partial charge < -0.3 is 5.32 Å². The number of rotatable bonds is 6. The molecule has 4 rings (SSSR count). The normalized spacial score (nSPS) is 16.3. The highest BCUT2D eigenvalue weighted by Gasteiger charge is 2.31. The molecule has 1 aromatic carbocycles. The van der Waals surface area contributed by atoms with E-state index in [9.17, 15) is 13.2 Å². The fourth-order valence-electron chi connectivity index (χ4n) is 3.51. The van der Waals surface area contributed by atoms with E-state index in [0.717, 1.165) is 41.9 Å². The molecule has 1 aliphatic heterocycles. The third kappa shape index (κ3) is 4.16. The van der Waals surface area contributed by atoms with Gasteiger partial charge in [-0.2, -0.15) is 9.40 Å². The number of hydrogen-bond donors (Lipinski definition) is 1. The molecular weight excluding hydrogens is 422 g/mol. The first kappa shape index (κ1) is 20.7. The van der Waals surface area contributed by atoms with Crippen molar-refractivity contribution in [3.05, 3.63) is 58.8 Å². The number of hydrogen-bond acceptors (Lipinski definition) is 6. The number of thiophene rings is 1. The van der Waals surface area contributed by atoms with Crippen molar-refractivity contribution in [1.82, 2.24) is 24.4 Å². The van der Waals surface area contributed by atoms with E-state index in [0.29, 0.717) is 13.1 Å². The molecule has 1 fully saturated rings. The van der Waals surface area contributed by atoms with Gasteiger partial charge in [0.15, 0.2) is 0 Å². The average molecular weight is 446 g/mol. The largest absolute Gasteiger partial charge is 0.345 e. The van der Waals surface area contributed by atoms with E-state index in [4.69, 9.17) is 0 Å². The Balaban J connectivity index is 1.49. The molecule has 1 N–H and O–H groups in total. The van der Waals surface area contributed by atoms with Crippen LogP contribution in [0.3, 0.4) is 0 Å². The van der Waals surface area contributed by atoms with Crippen LogP contribution in [0, 0.1) is 0 Å². The Morgan fingerprint density at radius 1 is 1.13 bits per heavy atom. The molecule has 1 saturated heterocycles. The highest BCUT2D eigenvalue weighted by atomic mass is 32.2. The first-order valence-corrected chi connectivity index (χ1v) is 12.1. The molecule has 158 valence electrons. The maximum Gasteiger partial charge on any atom is 0.263 e. The van der Waals surface area contributed by atoms with Gasteiger partial charge in [0.2, 0.25) is 10.0 Å². The third-order valence-electron chi connectivity index (χ3n) is 5.19. The van der Waals surface area contributed by atoms with E-state index >= 15 is 0 Å². The van der Waals surface area contributed by atoms with Crippen LogP contribution in [-0.2, 0) is 10.0 Å². The average Bonchev–Trinajstić information content (AvgIpc) is 3.47. The maximum absolute atomic E-state index is 13.0. The topological polar surface area (TPSA) is 97.2 Å². The lowest BCUT2D eigenvalue weighted by molar-refractivity contribution is 0.0941. The van der Waals surface area contributed by atoms with Gasteiger partial charge in [0.1, 0.15) is 22.4 Å². The molecule has 0 bridgehead atoms. The van der Waals surface area contributed by atoms with Gasteiger partial charge in [0.25, 0.3) is 5.91 Å². The van der Waals surface area contributed by atoms with Crippen LogP contribution in [0.4, 0.5) is 0 Å². The molecule has 1 aliphatic rings. The smallest absolute Gasteiger partial charge is 0.263 e. The van der Waals surface area contributed by atoms with Gasteiger partial charge in [-0.25, -0.2) is 18.1 Å². The van der Waals surface area contributed by atoms with Crippen molar-refractivity contribution in [3.8, 4) is 5.69 Å². The Hall–Kier alpha value is -2.56. The summed E-state index contributed by atoms with van der Waals surface area (Å²) < 4.78 is 29.2. The minimum Gasteiger partial charge on any atom is -0.345 e. The third-order valence-corrected chi connectivity index (χ3v) is 8.18. The summed E-state index contributed by atoms with van der Waals surface area (Å²) in [5.41, 5.74) is 1.77. The number of aromatic nitrogens is 3. The van der Waals surface area contributed by atoms with Gasteiger partial charge in [0.05, 0.1) is 11.7 Å². The molecule has 10 heteroatoms. The Labute approximate surface area is 179 Å². The second-order valence-electron chi connectivity index (χ2n) is 7.21. The molecule has 0 radical (unpaired) electrons. The first-order valence-electron chi connectivity index (χ1n) is 9.80. The molecule has 0 spiro atoms. The fraction of sp³-hybridized carbons (Fsp3) is 0.350. The van der Waals surface area contributed by atoms with E-state index in [1.807, 2.05) is 31.2 Å². The molecule has 1 atom stereocenters. The van der Waals surface area contributed by atoms with Gasteiger partial charge in [-0.1, -0.05) is 18.6 Å². The number of piperidine rings is 1. The lowest BCUT2D eigenvalue weighted by Crippen LogP contribution is -2.36. The van der Waals surface area contributed by atoms with Crippen LogP contribution in [0.15, 0.2) is 53.3 Å². The summed E-state index contributed by atoms with van der Waals surface area (Å²) in [5.74, 6) is -0.381. The van der Waals surface area contributed by atoms with Crippen molar-refractivity contribution in [1.29, 1.82) is 0 Å². The molecule has 8 nitrogen and oxygen atoms in total. The van der Waals surface area contributed by atoms with Crippen molar-refractivity contribution >= 4 is 27.3 Å². The van der Waals surface area contributed by atoms with Crippen molar-refractivity contribution in [2.45, 2.75) is 37.1 Å². The molecule has 0 aliphatic carbocycles. The highest BCUT2D eigenvalue weighted by Crippen LogP contribution is 2.28. The Morgan fingerprint density at radius 2 is 1.87 bits per heavy atom. The molecular formula is C20H23N5O3S2. The lowest BCUT2D eigenvalue weighted by Gasteiger charge is -2.26. The summed E-state index contributed by atoms with van der Waals surface area (Å²) in [6.07, 6.45) is 5.82. The molecule has 3 aromatic rings. The van der Waals surface area contributed by atoms with Crippen LogP contribution < -0.4 is 5.32 Å². The van der Waals surface area contributed by atoms with Crippen LogP contribution >= 0.6 is 11.3 Å². The zero-order chi connectivity index (χ0) is 21.1. The van der Waals surface area contributed by atoms with E-state index < -0.39 is 10.0 Å². The summed E-state index contributed by atoms with van der Waals surface area (Å²) in [4.78, 5) is 17.1. The fourth-order valence-corrected chi connectivity index (χ4v) is 6.33. The van der Waals surface area contributed by atoms with Gasteiger partial charge in [-0.15, -0.1) is 11.3 Å². The summed E-state index contributed by atoms with van der Waals surface area (Å²) >= 11 is 1.15. The van der Waals surface area contributed by atoms with Crippen LogP contribution in [0.2, 0.25) is 0 Å².